The molecular weight excluding hydrogens is 294 g/mol. The first-order valence-corrected chi connectivity index (χ1v) is 7.16. The summed E-state index contributed by atoms with van der Waals surface area (Å²) in [4.78, 5) is 25.4. The van der Waals surface area contributed by atoms with Gasteiger partial charge in [-0.2, -0.15) is 0 Å². The monoisotopic (exact) mass is 311 g/mol. The van der Waals surface area contributed by atoms with Crippen LogP contribution in [0.1, 0.15) is 32.1 Å². The smallest absolute Gasteiger partial charge is 0.224 e. The molecule has 3 nitrogen and oxygen atoms in total. The number of carbonyl (C=O) groups excluding carboxylic acids is 2. The largest absolute Gasteiger partial charge is 0.330 e. The maximum Gasteiger partial charge on any atom is 0.224 e. The SMILES string of the molecule is C=C(Br)CCCN1C(=O)CC2C=CCC[C@@]21C=O. The fourth-order valence-electron chi connectivity index (χ4n) is 3.01. The van der Waals surface area contributed by atoms with Crippen molar-refractivity contribution in [2.24, 2.45) is 5.92 Å². The quantitative estimate of drug-likeness (QED) is 0.578. The topological polar surface area (TPSA) is 37.4 Å². The summed E-state index contributed by atoms with van der Waals surface area (Å²) in [5, 5.41) is 0. The molecule has 0 aromatic heterocycles. The summed E-state index contributed by atoms with van der Waals surface area (Å²) in [7, 11) is 0. The number of halogens is 1. The second-order valence-corrected chi connectivity index (χ2v) is 6.17. The molecule has 2 aliphatic rings. The van der Waals surface area contributed by atoms with Crippen LogP contribution in [0.4, 0.5) is 0 Å². The molecule has 98 valence electrons. The van der Waals surface area contributed by atoms with Crippen molar-refractivity contribution in [3.05, 3.63) is 23.2 Å². The Labute approximate surface area is 116 Å². The fraction of sp³-hybridized carbons (Fsp3) is 0.571. The van der Waals surface area contributed by atoms with Crippen molar-refractivity contribution >= 4 is 28.1 Å². The molecule has 1 heterocycles. The Bertz CT molecular complexity index is 405. The van der Waals surface area contributed by atoms with Gasteiger partial charge < -0.3 is 9.69 Å². The van der Waals surface area contributed by atoms with E-state index in [1.54, 1.807) is 4.90 Å². The van der Waals surface area contributed by atoms with Gasteiger partial charge in [-0.3, -0.25) is 4.79 Å². The molecule has 0 saturated carbocycles. The van der Waals surface area contributed by atoms with Crippen molar-refractivity contribution < 1.29 is 9.59 Å². The number of hydrogen-bond donors (Lipinski definition) is 0. The number of amides is 1. The summed E-state index contributed by atoms with van der Waals surface area (Å²) >= 11 is 3.32. The Morgan fingerprint density at radius 1 is 1.67 bits per heavy atom. The summed E-state index contributed by atoms with van der Waals surface area (Å²) in [6.07, 6.45) is 8.92. The van der Waals surface area contributed by atoms with Gasteiger partial charge >= 0.3 is 0 Å². The lowest BCUT2D eigenvalue weighted by atomic mass is 9.78. The molecule has 1 unspecified atom stereocenters. The first-order valence-electron chi connectivity index (χ1n) is 6.37. The van der Waals surface area contributed by atoms with Crippen LogP contribution >= 0.6 is 15.9 Å². The number of allylic oxidation sites excluding steroid dienone is 2. The Morgan fingerprint density at radius 2 is 2.44 bits per heavy atom. The molecule has 1 fully saturated rings. The standard InChI is InChI=1S/C14H18BrNO2/c1-11(15)5-4-8-16-13(18)9-12-6-2-3-7-14(12,16)10-17/h2,6,10,12H,1,3-5,7-9H2/t12?,14-/m1/s1. The molecule has 18 heavy (non-hydrogen) atoms. The van der Waals surface area contributed by atoms with E-state index in [9.17, 15) is 9.59 Å². The highest BCUT2D eigenvalue weighted by Crippen LogP contribution is 2.41. The highest BCUT2D eigenvalue weighted by atomic mass is 79.9. The Balaban J connectivity index is 2.12. The number of hydrogen-bond acceptors (Lipinski definition) is 2. The minimum Gasteiger partial charge on any atom is -0.330 e. The molecule has 0 bridgehead atoms. The van der Waals surface area contributed by atoms with Crippen LogP contribution in [0.5, 0.6) is 0 Å². The van der Waals surface area contributed by atoms with Gasteiger partial charge in [-0.1, -0.05) is 34.7 Å². The van der Waals surface area contributed by atoms with Crippen molar-refractivity contribution in [3.8, 4) is 0 Å². The van der Waals surface area contributed by atoms with Crippen LogP contribution in [0.25, 0.3) is 0 Å². The van der Waals surface area contributed by atoms with E-state index < -0.39 is 5.54 Å². The average molecular weight is 312 g/mol. The molecule has 1 aliphatic heterocycles. The minimum absolute atomic E-state index is 0.0726. The molecule has 1 saturated heterocycles. The summed E-state index contributed by atoms with van der Waals surface area (Å²) in [5.74, 6) is 0.183. The van der Waals surface area contributed by atoms with Gasteiger partial charge in [0, 0.05) is 18.9 Å². The highest BCUT2D eigenvalue weighted by Gasteiger charge is 2.51. The summed E-state index contributed by atoms with van der Waals surface area (Å²) in [6.45, 7) is 4.44. The van der Waals surface area contributed by atoms with E-state index in [2.05, 4.69) is 28.6 Å². The van der Waals surface area contributed by atoms with Gasteiger partial charge in [0.15, 0.2) is 0 Å². The van der Waals surface area contributed by atoms with E-state index in [0.717, 1.165) is 36.5 Å². The third-order valence-corrected chi connectivity index (χ3v) is 4.35. The lowest BCUT2D eigenvalue weighted by Crippen LogP contribution is -2.51. The summed E-state index contributed by atoms with van der Waals surface area (Å²) in [6, 6.07) is 0. The van der Waals surface area contributed by atoms with Crippen LogP contribution in [-0.4, -0.2) is 29.2 Å². The minimum atomic E-state index is -0.570. The molecule has 1 amide bonds. The Morgan fingerprint density at radius 3 is 3.11 bits per heavy atom. The zero-order valence-corrected chi connectivity index (χ0v) is 12.0. The molecule has 0 N–H and O–H groups in total. The Kier molecular flexibility index (Phi) is 4.05. The number of aldehydes is 1. The zero-order valence-electron chi connectivity index (χ0n) is 10.4. The number of carbonyl (C=O) groups is 2. The molecule has 0 aromatic carbocycles. The molecule has 0 radical (unpaired) electrons. The van der Waals surface area contributed by atoms with Gasteiger partial charge in [-0.15, -0.1) is 0 Å². The fourth-order valence-corrected chi connectivity index (χ4v) is 3.29. The zero-order chi connectivity index (χ0) is 13.2. The van der Waals surface area contributed by atoms with Crippen molar-refractivity contribution in [2.45, 2.75) is 37.6 Å². The lowest BCUT2D eigenvalue weighted by molar-refractivity contribution is -0.136. The predicted octanol–water partition coefficient (Wildman–Crippen LogP) is 2.81. The van der Waals surface area contributed by atoms with E-state index in [1.165, 1.54) is 0 Å². The van der Waals surface area contributed by atoms with Crippen LogP contribution < -0.4 is 0 Å². The maximum absolute atomic E-state index is 12.1. The predicted molar refractivity (Wildman–Crippen MR) is 74.3 cm³/mol. The molecule has 0 aromatic rings. The van der Waals surface area contributed by atoms with Crippen molar-refractivity contribution in [3.63, 3.8) is 0 Å². The molecule has 1 aliphatic carbocycles. The van der Waals surface area contributed by atoms with E-state index in [4.69, 9.17) is 0 Å². The van der Waals surface area contributed by atoms with Crippen LogP contribution in [-0.2, 0) is 9.59 Å². The maximum atomic E-state index is 12.1. The number of likely N-dealkylation sites (tertiary alicyclic amines) is 1. The van der Waals surface area contributed by atoms with E-state index in [0.29, 0.717) is 13.0 Å². The third kappa shape index (κ3) is 2.30. The van der Waals surface area contributed by atoms with Crippen LogP contribution in [0.2, 0.25) is 0 Å². The molecule has 0 spiro atoms. The number of nitrogens with zero attached hydrogens (tertiary/aromatic N) is 1. The molecule has 4 heteroatoms. The van der Waals surface area contributed by atoms with Crippen molar-refractivity contribution in [1.29, 1.82) is 0 Å². The van der Waals surface area contributed by atoms with Gasteiger partial charge in [-0.25, -0.2) is 0 Å². The second kappa shape index (κ2) is 5.39. The van der Waals surface area contributed by atoms with Crippen LogP contribution in [0, 0.1) is 5.92 Å². The summed E-state index contributed by atoms with van der Waals surface area (Å²) < 4.78 is 0.939. The highest BCUT2D eigenvalue weighted by molar-refractivity contribution is 9.11. The third-order valence-electron chi connectivity index (χ3n) is 3.95. The van der Waals surface area contributed by atoms with Crippen molar-refractivity contribution in [2.75, 3.05) is 6.54 Å². The van der Waals surface area contributed by atoms with Crippen LogP contribution in [0.15, 0.2) is 23.2 Å². The first-order chi connectivity index (χ1) is 8.60. The van der Waals surface area contributed by atoms with Crippen molar-refractivity contribution in [1.82, 2.24) is 4.90 Å². The molecular formula is C14H18BrNO2. The van der Waals surface area contributed by atoms with E-state index >= 15 is 0 Å². The average Bonchev–Trinajstić information content (AvgIpc) is 2.62. The molecule has 2 atom stereocenters. The van der Waals surface area contributed by atoms with Gasteiger partial charge in [0.1, 0.15) is 11.8 Å². The van der Waals surface area contributed by atoms with Crippen LogP contribution in [0.3, 0.4) is 0 Å². The lowest BCUT2D eigenvalue weighted by Gasteiger charge is -2.38. The normalized spacial score (nSPS) is 30.4. The summed E-state index contributed by atoms with van der Waals surface area (Å²) in [5.41, 5.74) is -0.570. The van der Waals surface area contributed by atoms with E-state index in [1.807, 2.05) is 6.08 Å². The molecule has 2 rings (SSSR count). The first kappa shape index (κ1) is 13.5. The number of rotatable bonds is 5. The number of fused-ring (bicyclic) bond motifs is 1. The van der Waals surface area contributed by atoms with Gasteiger partial charge in [0.05, 0.1) is 0 Å². The second-order valence-electron chi connectivity index (χ2n) is 5.05. The van der Waals surface area contributed by atoms with E-state index in [-0.39, 0.29) is 11.8 Å². The Hall–Kier alpha value is -0.900. The van der Waals surface area contributed by atoms with Gasteiger partial charge in [0.2, 0.25) is 5.91 Å². The van der Waals surface area contributed by atoms with Gasteiger partial charge in [-0.05, 0) is 30.2 Å². The van der Waals surface area contributed by atoms with Gasteiger partial charge in [0.25, 0.3) is 0 Å².